The van der Waals surface area contributed by atoms with Gasteiger partial charge in [-0.1, -0.05) is 67.5 Å². The molecule has 3 aromatic rings. The monoisotopic (exact) mass is 663 g/mol. The van der Waals surface area contributed by atoms with Crippen LogP contribution in [0.4, 0.5) is 0 Å². The second kappa shape index (κ2) is 18.1. The quantitative estimate of drug-likeness (QED) is 0.0231. The molecule has 1 N–H and O–H groups in total. The van der Waals surface area contributed by atoms with Gasteiger partial charge < -0.3 is 28.9 Å². The molecule has 3 aromatic carbocycles. The average molecular weight is 664 g/mol. The van der Waals surface area contributed by atoms with Gasteiger partial charge in [0.2, 0.25) is 0 Å². The number of esters is 3. The van der Waals surface area contributed by atoms with E-state index in [4.69, 9.17) is 23.8 Å². The molecule has 1 heterocycles. The summed E-state index contributed by atoms with van der Waals surface area (Å²) in [5.41, 5.74) is -0.244. The van der Waals surface area contributed by atoms with E-state index in [2.05, 4.69) is 24.4 Å². The Bertz CT molecular complexity index is 1550. The third kappa shape index (κ3) is 9.95. The zero-order chi connectivity index (χ0) is 35.3. The highest BCUT2D eigenvalue weighted by molar-refractivity contribution is 6.13. The highest BCUT2D eigenvalue weighted by atomic mass is 16.7. The lowest BCUT2D eigenvalue weighted by Crippen LogP contribution is -2.36. The lowest BCUT2D eigenvalue weighted by atomic mass is 9.75. The molecule has 11 heteroatoms. The number of benzene rings is 3. The number of hydrogen-bond donors (Lipinski definition) is 1. The molecule has 1 fully saturated rings. The number of carbonyl (C=O) groups excluding carboxylic acids is 4. The second-order valence-corrected chi connectivity index (χ2v) is 11.9. The SMILES string of the molecule is C=C.CCC(C)(CC(CC(CC(C)C(=O)O/N=C/c1c2ccccc2cc2ccccc12)C(=O)OCO)C(=O)OCC1CO1)C(=O)OC. The maximum absolute atomic E-state index is 13.2. The van der Waals surface area contributed by atoms with Crippen LogP contribution in [0.15, 0.2) is 72.9 Å². The molecule has 48 heavy (non-hydrogen) atoms. The Morgan fingerprint density at radius 1 is 0.979 bits per heavy atom. The first-order valence-corrected chi connectivity index (χ1v) is 15.9. The minimum atomic E-state index is -1.04. The van der Waals surface area contributed by atoms with E-state index in [9.17, 15) is 24.3 Å². The number of carbonyl (C=O) groups is 4. The number of rotatable bonds is 16. The number of fused-ring (bicyclic) bond motifs is 2. The highest BCUT2D eigenvalue weighted by Gasteiger charge is 2.41. The molecule has 0 spiro atoms. The van der Waals surface area contributed by atoms with Gasteiger partial charge in [-0.25, -0.2) is 4.79 Å². The fourth-order valence-corrected chi connectivity index (χ4v) is 5.63. The molecule has 0 amide bonds. The first kappa shape index (κ1) is 37.8. The number of nitrogens with zero attached hydrogens (tertiary/aromatic N) is 1. The summed E-state index contributed by atoms with van der Waals surface area (Å²) in [5, 5.41) is 17.2. The second-order valence-electron chi connectivity index (χ2n) is 11.9. The number of aliphatic hydroxyl groups excluding tert-OH is 1. The molecule has 0 saturated carbocycles. The Kier molecular flexibility index (Phi) is 14.2. The highest BCUT2D eigenvalue weighted by Crippen LogP contribution is 2.36. The topological polar surface area (TPSA) is 150 Å². The normalized spacial score (nSPS) is 16.9. The molecule has 0 bridgehead atoms. The van der Waals surface area contributed by atoms with Gasteiger partial charge in [-0.05, 0) is 60.2 Å². The van der Waals surface area contributed by atoms with E-state index in [1.54, 1.807) is 20.8 Å². The third-order valence-electron chi connectivity index (χ3n) is 8.59. The maximum atomic E-state index is 13.2. The smallest absolute Gasteiger partial charge is 0.337 e. The van der Waals surface area contributed by atoms with Crippen molar-refractivity contribution >= 4 is 51.6 Å². The van der Waals surface area contributed by atoms with E-state index in [1.807, 2.05) is 48.5 Å². The van der Waals surface area contributed by atoms with Crippen LogP contribution in [-0.2, 0) is 43.0 Å². The largest absolute Gasteiger partial charge is 0.469 e. The van der Waals surface area contributed by atoms with E-state index in [-0.39, 0.29) is 32.0 Å². The molecule has 5 atom stereocenters. The lowest BCUT2D eigenvalue weighted by molar-refractivity contribution is -0.161. The molecule has 5 unspecified atom stereocenters. The van der Waals surface area contributed by atoms with Gasteiger partial charge in [0.25, 0.3) is 0 Å². The zero-order valence-corrected chi connectivity index (χ0v) is 28.0. The fourth-order valence-electron chi connectivity index (χ4n) is 5.63. The van der Waals surface area contributed by atoms with Gasteiger partial charge in [0.05, 0.1) is 43.1 Å². The Morgan fingerprint density at radius 3 is 2.10 bits per heavy atom. The van der Waals surface area contributed by atoms with Crippen molar-refractivity contribution in [3.05, 3.63) is 73.3 Å². The van der Waals surface area contributed by atoms with E-state index in [0.717, 1.165) is 27.1 Å². The van der Waals surface area contributed by atoms with E-state index in [1.165, 1.54) is 13.3 Å². The van der Waals surface area contributed by atoms with Crippen molar-refractivity contribution in [2.45, 2.75) is 52.6 Å². The van der Waals surface area contributed by atoms with Gasteiger partial charge in [-0.2, -0.15) is 0 Å². The molecule has 0 aliphatic carbocycles. The number of oxime groups is 1. The van der Waals surface area contributed by atoms with Gasteiger partial charge in [0.15, 0.2) is 6.79 Å². The maximum Gasteiger partial charge on any atom is 0.337 e. The van der Waals surface area contributed by atoms with Crippen LogP contribution in [0.1, 0.15) is 52.0 Å². The molecule has 1 aliphatic heterocycles. The van der Waals surface area contributed by atoms with Crippen LogP contribution in [0, 0.1) is 23.2 Å². The Hall–Kier alpha value is -4.61. The number of aliphatic hydroxyl groups is 1. The molecule has 4 rings (SSSR count). The molecule has 1 saturated heterocycles. The fraction of sp³-hybridized carbons (Fsp3) is 0.432. The summed E-state index contributed by atoms with van der Waals surface area (Å²) >= 11 is 0. The molecular weight excluding hydrogens is 618 g/mol. The summed E-state index contributed by atoms with van der Waals surface area (Å²) in [7, 11) is 1.27. The summed E-state index contributed by atoms with van der Waals surface area (Å²) in [5.74, 6) is -5.36. The molecule has 0 radical (unpaired) electrons. The standard InChI is InChI=1S/C35H41NO10.C2H4/c1-5-35(3,34(41)42-4)17-26(33(40)44-20-27-19-43-27)16-25(32(39)45-21-37)14-22(2)31(38)46-36-18-30-28-12-8-6-10-23(28)15-24-11-7-9-13-29(24)30;1-2/h6-13,15,18,22,25-27,37H,5,14,16-17,19-21H2,1-4H3;1-2H2/b36-18+;. The van der Waals surface area contributed by atoms with Crippen LogP contribution in [-0.4, -0.2) is 68.4 Å². The average Bonchev–Trinajstić information content (AvgIpc) is 3.94. The van der Waals surface area contributed by atoms with Crippen molar-refractivity contribution in [1.29, 1.82) is 0 Å². The summed E-state index contributed by atoms with van der Waals surface area (Å²) in [6.45, 7) is 10.7. The van der Waals surface area contributed by atoms with Crippen LogP contribution in [0.5, 0.6) is 0 Å². The molecule has 11 nitrogen and oxygen atoms in total. The van der Waals surface area contributed by atoms with Crippen LogP contribution < -0.4 is 0 Å². The summed E-state index contributed by atoms with van der Waals surface area (Å²) in [6, 6.07) is 17.7. The van der Waals surface area contributed by atoms with Crippen molar-refractivity contribution in [2.24, 2.45) is 28.3 Å². The third-order valence-corrected chi connectivity index (χ3v) is 8.59. The van der Waals surface area contributed by atoms with E-state index < -0.39 is 53.8 Å². The van der Waals surface area contributed by atoms with Crippen LogP contribution >= 0.6 is 0 Å². The van der Waals surface area contributed by atoms with Gasteiger partial charge in [0.1, 0.15) is 12.7 Å². The number of ether oxygens (including phenoxy) is 4. The van der Waals surface area contributed by atoms with E-state index in [0.29, 0.717) is 13.0 Å². The predicted molar refractivity (Wildman–Crippen MR) is 181 cm³/mol. The van der Waals surface area contributed by atoms with Gasteiger partial charge in [0, 0.05) is 5.56 Å². The zero-order valence-electron chi connectivity index (χ0n) is 28.0. The molecule has 0 aromatic heterocycles. The van der Waals surface area contributed by atoms with Crippen LogP contribution in [0.2, 0.25) is 0 Å². The summed E-state index contributed by atoms with van der Waals surface area (Å²) in [6.07, 6.45) is 1.56. The number of methoxy groups -OCH3 is 1. The molecule has 1 aliphatic rings. The number of hydrogen-bond acceptors (Lipinski definition) is 11. The number of epoxide rings is 1. The van der Waals surface area contributed by atoms with Gasteiger partial charge >= 0.3 is 23.9 Å². The Labute approximate surface area is 280 Å². The minimum Gasteiger partial charge on any atom is -0.469 e. The molecular formula is C37H45NO10. The van der Waals surface area contributed by atoms with Crippen molar-refractivity contribution in [3.63, 3.8) is 0 Å². The van der Waals surface area contributed by atoms with Crippen LogP contribution in [0.3, 0.4) is 0 Å². The summed E-state index contributed by atoms with van der Waals surface area (Å²) < 4.78 is 20.5. The summed E-state index contributed by atoms with van der Waals surface area (Å²) in [4.78, 5) is 57.2. The minimum absolute atomic E-state index is 0.0333. The lowest BCUT2D eigenvalue weighted by Gasteiger charge is -2.30. The Morgan fingerprint density at radius 2 is 1.56 bits per heavy atom. The van der Waals surface area contributed by atoms with Gasteiger partial charge in [-0.15, -0.1) is 13.2 Å². The van der Waals surface area contributed by atoms with Crippen molar-refractivity contribution in [3.8, 4) is 0 Å². The molecule has 258 valence electrons. The first-order chi connectivity index (χ1) is 23.1. The van der Waals surface area contributed by atoms with Crippen molar-refractivity contribution in [2.75, 3.05) is 27.1 Å². The van der Waals surface area contributed by atoms with Gasteiger partial charge in [-0.3, -0.25) is 14.4 Å². The van der Waals surface area contributed by atoms with Crippen LogP contribution in [0.25, 0.3) is 21.5 Å². The van der Waals surface area contributed by atoms with Crippen molar-refractivity contribution in [1.82, 2.24) is 0 Å². The van der Waals surface area contributed by atoms with Crippen molar-refractivity contribution < 1.29 is 48.1 Å². The first-order valence-electron chi connectivity index (χ1n) is 15.9. The Balaban J connectivity index is 0.00000307. The predicted octanol–water partition coefficient (Wildman–Crippen LogP) is 5.74. The van der Waals surface area contributed by atoms with E-state index >= 15 is 0 Å².